The van der Waals surface area contributed by atoms with Gasteiger partial charge in [-0.1, -0.05) is 5.16 Å². The maximum atomic E-state index is 10.6. The van der Waals surface area contributed by atoms with Crippen LogP contribution >= 0.6 is 0 Å². The van der Waals surface area contributed by atoms with Gasteiger partial charge in [0.1, 0.15) is 5.56 Å². The Morgan fingerprint density at radius 1 is 1.77 bits per heavy atom. The van der Waals surface area contributed by atoms with Crippen molar-refractivity contribution in [1.82, 2.24) is 10.5 Å². The van der Waals surface area contributed by atoms with Crippen molar-refractivity contribution in [3.8, 4) is 0 Å². The molecule has 1 aliphatic rings. The summed E-state index contributed by atoms with van der Waals surface area (Å²) in [6.07, 6.45) is 3.55. The van der Waals surface area contributed by atoms with Crippen LogP contribution in [-0.2, 0) is 6.54 Å². The van der Waals surface area contributed by atoms with Gasteiger partial charge in [0.15, 0.2) is 5.76 Å². The van der Waals surface area contributed by atoms with E-state index in [0.717, 1.165) is 12.8 Å². The van der Waals surface area contributed by atoms with E-state index in [4.69, 9.17) is 9.63 Å². The normalized spacial score (nSPS) is 16.0. The molecular formula is C8H10N2O3. The highest BCUT2D eigenvalue weighted by molar-refractivity contribution is 5.88. The topological polar surface area (TPSA) is 75.4 Å². The van der Waals surface area contributed by atoms with Gasteiger partial charge in [-0.25, -0.2) is 4.79 Å². The quantitative estimate of drug-likeness (QED) is 0.714. The summed E-state index contributed by atoms with van der Waals surface area (Å²) in [6, 6.07) is 0.534. The maximum absolute atomic E-state index is 10.6. The zero-order valence-corrected chi connectivity index (χ0v) is 6.99. The number of rotatable bonds is 4. The van der Waals surface area contributed by atoms with Crippen molar-refractivity contribution in [1.29, 1.82) is 0 Å². The van der Waals surface area contributed by atoms with Crippen molar-refractivity contribution in [3.05, 3.63) is 17.5 Å². The number of carbonyl (C=O) groups is 1. The summed E-state index contributed by atoms with van der Waals surface area (Å²) in [5.41, 5.74) is 0.146. The number of nitrogens with one attached hydrogen (secondary N) is 1. The molecule has 70 valence electrons. The molecule has 13 heavy (non-hydrogen) atoms. The van der Waals surface area contributed by atoms with E-state index in [2.05, 4.69) is 10.5 Å². The van der Waals surface area contributed by atoms with Crippen molar-refractivity contribution in [2.75, 3.05) is 0 Å². The smallest absolute Gasteiger partial charge is 0.341 e. The number of hydrogen-bond acceptors (Lipinski definition) is 4. The monoisotopic (exact) mass is 182 g/mol. The summed E-state index contributed by atoms with van der Waals surface area (Å²) in [4.78, 5) is 10.6. The predicted octanol–water partition coefficient (Wildman–Crippen LogP) is 0.625. The zero-order chi connectivity index (χ0) is 9.26. The van der Waals surface area contributed by atoms with Gasteiger partial charge in [0.25, 0.3) is 0 Å². The van der Waals surface area contributed by atoms with Crippen molar-refractivity contribution < 1.29 is 14.4 Å². The molecule has 1 aliphatic carbocycles. The average molecular weight is 182 g/mol. The second kappa shape index (κ2) is 3.18. The van der Waals surface area contributed by atoms with Gasteiger partial charge in [-0.15, -0.1) is 0 Å². The fourth-order valence-corrected chi connectivity index (χ4v) is 1.09. The van der Waals surface area contributed by atoms with Crippen LogP contribution in [0, 0.1) is 0 Å². The van der Waals surface area contributed by atoms with Gasteiger partial charge in [-0.05, 0) is 12.8 Å². The van der Waals surface area contributed by atoms with E-state index in [0.29, 0.717) is 18.3 Å². The van der Waals surface area contributed by atoms with Crippen molar-refractivity contribution >= 4 is 5.97 Å². The van der Waals surface area contributed by atoms with Gasteiger partial charge in [0.2, 0.25) is 0 Å². The molecule has 1 aromatic rings. The summed E-state index contributed by atoms with van der Waals surface area (Å²) in [7, 11) is 0. The minimum absolute atomic E-state index is 0.146. The highest BCUT2D eigenvalue weighted by Crippen LogP contribution is 2.19. The van der Waals surface area contributed by atoms with E-state index in [1.165, 1.54) is 6.20 Å². The summed E-state index contributed by atoms with van der Waals surface area (Å²) >= 11 is 0. The number of aromatic nitrogens is 1. The Kier molecular flexibility index (Phi) is 2.02. The largest absolute Gasteiger partial charge is 0.478 e. The van der Waals surface area contributed by atoms with Gasteiger partial charge in [0, 0.05) is 6.04 Å². The molecule has 2 N–H and O–H groups in total. The van der Waals surface area contributed by atoms with Crippen LogP contribution in [0.4, 0.5) is 0 Å². The molecule has 0 radical (unpaired) electrons. The standard InChI is InChI=1S/C8H10N2O3/c11-8(12)6-3-10-13-7(6)4-9-5-1-2-5/h3,5,9H,1-2,4H2,(H,11,12). The van der Waals surface area contributed by atoms with Crippen molar-refractivity contribution in [3.63, 3.8) is 0 Å². The van der Waals surface area contributed by atoms with Crippen molar-refractivity contribution in [2.45, 2.75) is 25.4 Å². The molecule has 1 aromatic heterocycles. The van der Waals surface area contributed by atoms with Crippen LogP contribution in [0.15, 0.2) is 10.7 Å². The number of hydrogen-bond donors (Lipinski definition) is 2. The summed E-state index contributed by atoms with van der Waals surface area (Å²) < 4.78 is 4.81. The van der Waals surface area contributed by atoms with Crippen molar-refractivity contribution in [2.24, 2.45) is 0 Å². The second-order valence-corrected chi connectivity index (χ2v) is 3.12. The first kappa shape index (κ1) is 8.25. The molecule has 5 nitrogen and oxygen atoms in total. The van der Waals surface area contributed by atoms with Crippen LogP contribution in [0.1, 0.15) is 29.0 Å². The third kappa shape index (κ3) is 1.86. The molecule has 1 heterocycles. The van der Waals surface area contributed by atoms with Gasteiger partial charge in [-0.3, -0.25) is 0 Å². The molecule has 2 rings (SSSR count). The maximum Gasteiger partial charge on any atom is 0.341 e. The van der Waals surface area contributed by atoms with E-state index in [9.17, 15) is 4.79 Å². The summed E-state index contributed by atoms with van der Waals surface area (Å²) in [6.45, 7) is 0.451. The SMILES string of the molecule is O=C(O)c1cnoc1CNC1CC1. The third-order valence-electron chi connectivity index (χ3n) is 2.00. The molecule has 0 bridgehead atoms. The molecular weight excluding hydrogens is 172 g/mol. The lowest BCUT2D eigenvalue weighted by Gasteiger charge is -1.98. The first-order valence-corrected chi connectivity index (χ1v) is 4.17. The van der Waals surface area contributed by atoms with Gasteiger partial charge in [0.05, 0.1) is 12.7 Å². The molecule has 0 amide bonds. The number of carboxylic acid groups (broad SMARTS) is 1. The Bertz CT molecular complexity index is 317. The number of carboxylic acids is 1. The second-order valence-electron chi connectivity index (χ2n) is 3.12. The highest BCUT2D eigenvalue weighted by Gasteiger charge is 2.22. The molecule has 0 saturated heterocycles. The van der Waals surface area contributed by atoms with Crippen LogP contribution < -0.4 is 5.32 Å². The number of aromatic carboxylic acids is 1. The highest BCUT2D eigenvalue weighted by atomic mass is 16.5. The lowest BCUT2D eigenvalue weighted by Crippen LogP contribution is -2.16. The zero-order valence-electron chi connectivity index (χ0n) is 6.99. The van der Waals surface area contributed by atoms with Crippen LogP contribution in [0.2, 0.25) is 0 Å². The van der Waals surface area contributed by atoms with Crippen LogP contribution in [0.3, 0.4) is 0 Å². The van der Waals surface area contributed by atoms with Gasteiger partial charge >= 0.3 is 5.97 Å². The number of nitrogens with zero attached hydrogens (tertiary/aromatic N) is 1. The lowest BCUT2D eigenvalue weighted by molar-refractivity contribution is 0.0694. The summed E-state index contributed by atoms with van der Waals surface area (Å²) in [5.74, 6) is -0.590. The molecule has 0 atom stereocenters. The minimum Gasteiger partial charge on any atom is -0.478 e. The molecule has 0 unspecified atom stereocenters. The minimum atomic E-state index is -0.992. The Morgan fingerprint density at radius 2 is 2.54 bits per heavy atom. The summed E-state index contributed by atoms with van der Waals surface area (Å²) in [5, 5.41) is 15.3. The fraction of sp³-hybridized carbons (Fsp3) is 0.500. The van der Waals surface area contributed by atoms with E-state index in [1.54, 1.807) is 0 Å². The van der Waals surface area contributed by atoms with Crippen LogP contribution in [0.5, 0.6) is 0 Å². The average Bonchev–Trinajstić information content (AvgIpc) is 2.79. The van der Waals surface area contributed by atoms with E-state index in [1.807, 2.05) is 0 Å². The lowest BCUT2D eigenvalue weighted by atomic mass is 10.2. The Hall–Kier alpha value is -1.36. The Labute approximate surface area is 74.7 Å². The molecule has 0 aliphatic heterocycles. The molecule has 5 heteroatoms. The van der Waals surface area contributed by atoms with E-state index < -0.39 is 5.97 Å². The predicted molar refractivity (Wildman–Crippen MR) is 43.3 cm³/mol. The third-order valence-corrected chi connectivity index (χ3v) is 2.00. The van der Waals surface area contributed by atoms with Crippen LogP contribution in [0.25, 0.3) is 0 Å². The first-order valence-electron chi connectivity index (χ1n) is 4.17. The molecule has 0 spiro atoms. The van der Waals surface area contributed by atoms with E-state index >= 15 is 0 Å². The molecule has 1 fully saturated rings. The first-order chi connectivity index (χ1) is 6.27. The Balaban J connectivity index is 2.00. The van der Waals surface area contributed by atoms with Gasteiger partial charge in [-0.2, -0.15) is 0 Å². The van der Waals surface area contributed by atoms with E-state index in [-0.39, 0.29) is 5.56 Å². The van der Waals surface area contributed by atoms with Crippen LogP contribution in [-0.4, -0.2) is 22.3 Å². The Morgan fingerprint density at radius 3 is 3.15 bits per heavy atom. The fourth-order valence-electron chi connectivity index (χ4n) is 1.09. The van der Waals surface area contributed by atoms with Gasteiger partial charge < -0.3 is 14.9 Å². The molecule has 1 saturated carbocycles. The molecule has 0 aromatic carbocycles.